The molecule has 0 bridgehead atoms. The molecule has 1 aromatic carbocycles. The smallest absolute Gasteiger partial charge is 0.247 e. The number of halogens is 2. The average Bonchev–Trinajstić information content (AvgIpc) is 3.01. The summed E-state index contributed by atoms with van der Waals surface area (Å²) in [6.07, 6.45) is 3.63. The molecule has 0 fully saturated rings. The number of hydrogen-bond acceptors (Lipinski definition) is 6. The molecule has 26 heavy (non-hydrogen) atoms. The van der Waals surface area contributed by atoms with Crippen molar-refractivity contribution < 1.29 is 9.59 Å². The van der Waals surface area contributed by atoms with Gasteiger partial charge in [-0.15, -0.1) is 10.2 Å². The van der Waals surface area contributed by atoms with E-state index >= 15 is 0 Å². The summed E-state index contributed by atoms with van der Waals surface area (Å²) < 4.78 is 0. The van der Waals surface area contributed by atoms with Crippen LogP contribution in [0.15, 0.2) is 23.3 Å². The second kappa shape index (κ2) is 10.2. The number of benzene rings is 1. The van der Waals surface area contributed by atoms with Gasteiger partial charge in [0.1, 0.15) is 5.01 Å². The van der Waals surface area contributed by atoms with Crippen LogP contribution in [-0.4, -0.2) is 28.2 Å². The Morgan fingerprint density at radius 3 is 2.81 bits per heavy atom. The number of anilines is 1. The number of rotatable bonds is 8. The van der Waals surface area contributed by atoms with Crippen LogP contribution in [0.3, 0.4) is 0 Å². The van der Waals surface area contributed by atoms with Gasteiger partial charge in [-0.2, -0.15) is 5.10 Å². The van der Waals surface area contributed by atoms with Crippen molar-refractivity contribution in [1.82, 2.24) is 15.6 Å². The summed E-state index contributed by atoms with van der Waals surface area (Å²) in [5.74, 6) is -0.463. The maximum absolute atomic E-state index is 11.9. The van der Waals surface area contributed by atoms with Gasteiger partial charge in [0.2, 0.25) is 16.9 Å². The molecule has 0 atom stereocenters. The highest BCUT2D eigenvalue weighted by Crippen LogP contribution is 2.19. The second-order valence-electron chi connectivity index (χ2n) is 5.29. The highest BCUT2D eigenvalue weighted by molar-refractivity contribution is 7.15. The van der Waals surface area contributed by atoms with E-state index in [2.05, 4.69) is 26.0 Å². The largest absolute Gasteiger partial charge is 0.301 e. The third-order valence-electron chi connectivity index (χ3n) is 3.14. The summed E-state index contributed by atoms with van der Waals surface area (Å²) in [6, 6.07) is 4.95. The Balaban J connectivity index is 1.82. The number of aromatic nitrogens is 2. The highest BCUT2D eigenvalue weighted by atomic mass is 35.5. The van der Waals surface area contributed by atoms with E-state index in [0.29, 0.717) is 32.2 Å². The summed E-state index contributed by atoms with van der Waals surface area (Å²) in [4.78, 5) is 23.5. The van der Waals surface area contributed by atoms with Gasteiger partial charge >= 0.3 is 0 Å². The minimum absolute atomic E-state index is 0.00812. The zero-order valence-electron chi connectivity index (χ0n) is 14.0. The molecule has 0 aliphatic rings. The number of unbranched alkanes of at least 4 members (excludes halogenated alkanes) is 1. The Bertz CT molecular complexity index is 810. The zero-order valence-corrected chi connectivity index (χ0v) is 16.3. The van der Waals surface area contributed by atoms with Gasteiger partial charge in [0.15, 0.2) is 0 Å². The molecular formula is C16H17Cl2N5O2S. The van der Waals surface area contributed by atoms with Gasteiger partial charge in [0.25, 0.3) is 0 Å². The molecule has 0 saturated carbocycles. The van der Waals surface area contributed by atoms with E-state index in [0.717, 1.165) is 24.2 Å². The molecular weight excluding hydrogens is 397 g/mol. The predicted octanol–water partition coefficient (Wildman–Crippen LogP) is 3.67. The zero-order chi connectivity index (χ0) is 18.9. The first-order valence-electron chi connectivity index (χ1n) is 7.87. The standard InChI is InChI=1S/C16H17Cl2N5O2S/c1-2-3-4-13(24)20-16-23-22-15(26-16)8-14(25)21-19-9-10-5-6-11(17)7-12(10)18/h5-7,9H,2-4,8H2,1H3,(H,21,25)(H,20,23,24)/b19-9-. The van der Waals surface area contributed by atoms with Crippen molar-refractivity contribution in [3.63, 3.8) is 0 Å². The van der Waals surface area contributed by atoms with E-state index in [1.165, 1.54) is 6.21 Å². The molecule has 1 heterocycles. The third kappa shape index (κ3) is 6.70. The number of carbonyl (C=O) groups excluding carboxylic acids is 2. The summed E-state index contributed by atoms with van der Waals surface area (Å²) in [5.41, 5.74) is 3.02. The number of nitrogens with zero attached hydrogens (tertiary/aromatic N) is 3. The molecule has 0 saturated heterocycles. The Labute approximate surface area is 164 Å². The molecule has 2 N–H and O–H groups in total. The number of amides is 2. The molecule has 2 rings (SSSR count). The fourth-order valence-electron chi connectivity index (χ4n) is 1.85. The van der Waals surface area contributed by atoms with Crippen LogP contribution in [0.25, 0.3) is 0 Å². The number of carbonyl (C=O) groups is 2. The average molecular weight is 414 g/mol. The molecule has 0 aliphatic heterocycles. The fraction of sp³-hybridized carbons (Fsp3) is 0.312. The van der Waals surface area contributed by atoms with Crippen molar-refractivity contribution in [3.05, 3.63) is 38.8 Å². The minimum atomic E-state index is -0.355. The Morgan fingerprint density at radius 1 is 1.27 bits per heavy atom. The molecule has 2 amide bonds. The molecule has 0 spiro atoms. The van der Waals surface area contributed by atoms with E-state index in [1.54, 1.807) is 18.2 Å². The summed E-state index contributed by atoms with van der Waals surface area (Å²) in [5, 5.41) is 16.1. The van der Waals surface area contributed by atoms with Gasteiger partial charge in [-0.1, -0.05) is 53.9 Å². The Kier molecular flexibility index (Phi) is 7.96. The SMILES string of the molecule is CCCCC(=O)Nc1nnc(CC(=O)N/N=C\c2ccc(Cl)cc2Cl)s1. The second-order valence-corrected chi connectivity index (χ2v) is 7.19. The molecule has 2 aromatic rings. The van der Waals surface area contributed by atoms with Gasteiger partial charge in [-0.25, -0.2) is 5.43 Å². The molecule has 0 unspecified atom stereocenters. The Hall–Kier alpha value is -2.03. The van der Waals surface area contributed by atoms with E-state index in [-0.39, 0.29) is 18.2 Å². The molecule has 138 valence electrons. The van der Waals surface area contributed by atoms with Gasteiger partial charge in [-0.3, -0.25) is 9.59 Å². The highest BCUT2D eigenvalue weighted by Gasteiger charge is 2.11. The number of nitrogens with one attached hydrogen (secondary N) is 2. The van der Waals surface area contributed by atoms with Crippen molar-refractivity contribution in [2.75, 3.05) is 5.32 Å². The predicted molar refractivity (Wildman–Crippen MR) is 104 cm³/mol. The first-order chi connectivity index (χ1) is 12.5. The lowest BCUT2D eigenvalue weighted by atomic mass is 10.2. The molecule has 10 heteroatoms. The van der Waals surface area contributed by atoms with Crippen molar-refractivity contribution in [3.8, 4) is 0 Å². The molecule has 1 aromatic heterocycles. The molecule has 0 radical (unpaired) electrons. The van der Waals surface area contributed by atoms with Crippen LogP contribution in [-0.2, 0) is 16.0 Å². The Morgan fingerprint density at radius 2 is 2.08 bits per heavy atom. The van der Waals surface area contributed by atoms with Crippen LogP contribution in [0.4, 0.5) is 5.13 Å². The van der Waals surface area contributed by atoms with Crippen molar-refractivity contribution in [2.45, 2.75) is 32.6 Å². The topological polar surface area (TPSA) is 96.3 Å². The maximum atomic E-state index is 11.9. The van der Waals surface area contributed by atoms with E-state index in [1.807, 2.05) is 6.92 Å². The summed E-state index contributed by atoms with van der Waals surface area (Å²) >= 11 is 13.0. The normalized spacial score (nSPS) is 10.9. The minimum Gasteiger partial charge on any atom is -0.301 e. The first-order valence-corrected chi connectivity index (χ1v) is 9.44. The van der Waals surface area contributed by atoms with Crippen LogP contribution in [0.2, 0.25) is 10.0 Å². The first kappa shape index (κ1) is 20.3. The van der Waals surface area contributed by atoms with Gasteiger partial charge < -0.3 is 5.32 Å². The summed E-state index contributed by atoms with van der Waals surface area (Å²) in [7, 11) is 0. The lowest BCUT2D eigenvalue weighted by Crippen LogP contribution is -2.19. The number of hydrazone groups is 1. The van der Waals surface area contributed by atoms with E-state index in [9.17, 15) is 9.59 Å². The lowest BCUT2D eigenvalue weighted by molar-refractivity contribution is -0.120. The van der Waals surface area contributed by atoms with Crippen molar-refractivity contribution in [2.24, 2.45) is 5.10 Å². The van der Waals surface area contributed by atoms with Crippen molar-refractivity contribution in [1.29, 1.82) is 0 Å². The van der Waals surface area contributed by atoms with Crippen LogP contribution >= 0.6 is 34.5 Å². The lowest BCUT2D eigenvalue weighted by Gasteiger charge is -1.99. The molecule has 7 nitrogen and oxygen atoms in total. The van der Waals surface area contributed by atoms with Gasteiger partial charge in [-0.05, 0) is 18.6 Å². The summed E-state index contributed by atoms with van der Waals surface area (Å²) in [6.45, 7) is 2.01. The van der Waals surface area contributed by atoms with Crippen LogP contribution < -0.4 is 10.7 Å². The molecule has 0 aliphatic carbocycles. The fourth-order valence-corrected chi connectivity index (χ4v) is 3.06. The monoisotopic (exact) mass is 413 g/mol. The quantitative estimate of drug-likeness (QED) is 0.509. The van der Waals surface area contributed by atoms with Gasteiger partial charge in [0, 0.05) is 17.0 Å². The van der Waals surface area contributed by atoms with Gasteiger partial charge in [0.05, 0.1) is 17.7 Å². The van der Waals surface area contributed by atoms with Crippen LogP contribution in [0.1, 0.15) is 36.8 Å². The van der Waals surface area contributed by atoms with Crippen LogP contribution in [0, 0.1) is 0 Å². The number of hydrogen-bond donors (Lipinski definition) is 2. The van der Waals surface area contributed by atoms with E-state index in [4.69, 9.17) is 23.2 Å². The van der Waals surface area contributed by atoms with E-state index < -0.39 is 0 Å². The van der Waals surface area contributed by atoms with Crippen LogP contribution in [0.5, 0.6) is 0 Å². The maximum Gasteiger partial charge on any atom is 0.247 e. The van der Waals surface area contributed by atoms with Crippen molar-refractivity contribution >= 4 is 57.7 Å². The third-order valence-corrected chi connectivity index (χ3v) is 4.54.